The standard InChI is InChI=1S/C34H45ClN2O7S/c1-3-28-9-4-5-10-31(44-22-33(38)42-2)29-15-12-25(29)20-37-17-7-6-8-23-18-27(35)14-11-26(23)21-43-32-16-13-24(19-30(32)37)34(39)36-45(28,40)41/h11,13-14,16,18-19,25,28-29,31H,3-10,12,15,17,20-22H2,1-2H3,(H,36,39)/t25-,28+,29+,31-/m0/s1. The first-order chi connectivity index (χ1) is 21.7. The number of hydrogen-bond donors (Lipinski definition) is 1. The second kappa shape index (κ2) is 15.2. The number of ether oxygens (including phenoxy) is 3. The summed E-state index contributed by atoms with van der Waals surface area (Å²) in [6.45, 7) is 3.55. The number of halogens is 1. The lowest BCUT2D eigenvalue weighted by Crippen LogP contribution is -2.45. The van der Waals surface area contributed by atoms with Gasteiger partial charge in [-0.1, -0.05) is 37.4 Å². The summed E-state index contributed by atoms with van der Waals surface area (Å²) in [4.78, 5) is 27.7. The van der Waals surface area contributed by atoms with Gasteiger partial charge in [0.25, 0.3) is 5.91 Å². The Morgan fingerprint density at radius 1 is 1.04 bits per heavy atom. The van der Waals surface area contributed by atoms with Crippen LogP contribution in [0.1, 0.15) is 86.2 Å². The van der Waals surface area contributed by atoms with Crippen molar-refractivity contribution in [2.45, 2.75) is 89.1 Å². The molecule has 1 fully saturated rings. The van der Waals surface area contributed by atoms with E-state index in [9.17, 15) is 18.0 Å². The molecule has 1 aliphatic carbocycles. The van der Waals surface area contributed by atoms with Gasteiger partial charge in [-0.3, -0.25) is 4.79 Å². The maximum absolute atomic E-state index is 13.4. The number of methoxy groups -OCH3 is 1. The van der Waals surface area contributed by atoms with E-state index >= 15 is 0 Å². The van der Waals surface area contributed by atoms with E-state index in [-0.39, 0.29) is 24.2 Å². The number of anilines is 1. The molecule has 3 aliphatic rings. The molecule has 246 valence electrons. The van der Waals surface area contributed by atoms with Crippen LogP contribution >= 0.6 is 11.6 Å². The van der Waals surface area contributed by atoms with Crippen molar-refractivity contribution in [2.24, 2.45) is 11.8 Å². The van der Waals surface area contributed by atoms with E-state index in [2.05, 4.69) is 9.62 Å². The highest BCUT2D eigenvalue weighted by atomic mass is 35.5. The number of benzene rings is 2. The zero-order chi connectivity index (χ0) is 32.0. The van der Waals surface area contributed by atoms with Gasteiger partial charge >= 0.3 is 5.97 Å². The van der Waals surface area contributed by atoms with Gasteiger partial charge in [0.05, 0.1) is 24.2 Å². The van der Waals surface area contributed by atoms with Gasteiger partial charge in [0.2, 0.25) is 10.0 Å². The van der Waals surface area contributed by atoms with Crippen LogP contribution in [0.25, 0.3) is 0 Å². The summed E-state index contributed by atoms with van der Waals surface area (Å²) < 4.78 is 46.4. The first-order valence-electron chi connectivity index (χ1n) is 16.2. The topological polar surface area (TPSA) is 111 Å². The number of fused-ring (bicyclic) bond motifs is 3. The SMILES string of the molecule is CC[C@@H]1CCCC[C@H](OCC(=O)OC)[C@@H]2CC[C@H]2CN2CCCCc3cc(Cl)ccc3COc3ccc(cc32)C(=O)NS1(=O)=O. The van der Waals surface area contributed by atoms with Gasteiger partial charge in [0.15, 0.2) is 0 Å². The Hall–Kier alpha value is -2.82. The Balaban J connectivity index is 1.51. The molecule has 2 aromatic rings. The summed E-state index contributed by atoms with van der Waals surface area (Å²) >= 11 is 6.33. The summed E-state index contributed by atoms with van der Waals surface area (Å²) in [5.74, 6) is 0.193. The van der Waals surface area contributed by atoms with Crippen molar-refractivity contribution < 1.29 is 32.2 Å². The number of carbonyl (C=O) groups is 2. The fraction of sp³-hybridized carbons (Fsp3) is 0.588. The Morgan fingerprint density at radius 2 is 1.87 bits per heavy atom. The fourth-order valence-electron chi connectivity index (χ4n) is 6.90. The lowest BCUT2D eigenvalue weighted by atomic mass is 9.69. The van der Waals surface area contributed by atoms with Crippen LogP contribution < -0.4 is 14.4 Å². The molecule has 0 spiro atoms. The van der Waals surface area contributed by atoms with Gasteiger partial charge < -0.3 is 19.1 Å². The van der Waals surface area contributed by atoms with Gasteiger partial charge in [-0.2, -0.15) is 0 Å². The van der Waals surface area contributed by atoms with E-state index in [0.29, 0.717) is 42.6 Å². The van der Waals surface area contributed by atoms with Gasteiger partial charge in [0.1, 0.15) is 19.0 Å². The van der Waals surface area contributed by atoms with E-state index < -0.39 is 27.1 Å². The molecule has 1 N–H and O–H groups in total. The summed E-state index contributed by atoms with van der Waals surface area (Å²) in [7, 11) is -2.54. The van der Waals surface area contributed by atoms with E-state index in [0.717, 1.165) is 69.3 Å². The van der Waals surface area contributed by atoms with Crippen LogP contribution in [0.2, 0.25) is 5.02 Å². The summed E-state index contributed by atoms with van der Waals surface area (Å²) in [6, 6.07) is 11.1. The third kappa shape index (κ3) is 8.32. The lowest BCUT2D eigenvalue weighted by Gasteiger charge is -2.44. The third-order valence-corrected chi connectivity index (χ3v) is 11.8. The number of hydrogen-bond acceptors (Lipinski definition) is 8. The number of sulfonamides is 1. The average Bonchev–Trinajstić information content (AvgIpc) is 3.03. The quantitative estimate of drug-likeness (QED) is 0.394. The molecule has 5 rings (SSSR count). The zero-order valence-corrected chi connectivity index (χ0v) is 27.8. The molecule has 2 aliphatic heterocycles. The molecule has 9 nitrogen and oxygen atoms in total. The highest BCUT2D eigenvalue weighted by Crippen LogP contribution is 2.42. The predicted octanol–water partition coefficient (Wildman–Crippen LogP) is 6.06. The molecule has 0 radical (unpaired) electrons. The molecule has 4 atom stereocenters. The largest absolute Gasteiger partial charge is 0.487 e. The smallest absolute Gasteiger partial charge is 0.331 e. The summed E-state index contributed by atoms with van der Waals surface area (Å²) in [5, 5.41) is 0.0134. The van der Waals surface area contributed by atoms with E-state index in [1.165, 1.54) is 12.7 Å². The number of rotatable bonds is 4. The van der Waals surface area contributed by atoms with Crippen molar-refractivity contribution >= 4 is 39.2 Å². The average molecular weight is 661 g/mol. The van der Waals surface area contributed by atoms with Crippen molar-refractivity contribution in [2.75, 3.05) is 31.7 Å². The van der Waals surface area contributed by atoms with Crippen LogP contribution in [0, 0.1) is 11.8 Å². The van der Waals surface area contributed by atoms with Gasteiger partial charge in [0, 0.05) is 23.7 Å². The number of aryl methyl sites for hydroxylation is 1. The molecule has 2 bridgehead atoms. The zero-order valence-electron chi connectivity index (χ0n) is 26.3. The summed E-state index contributed by atoms with van der Waals surface area (Å²) in [6.07, 6.45) is 7.66. The molecular formula is C34H45ClN2O7S. The second-order valence-electron chi connectivity index (χ2n) is 12.5. The van der Waals surface area contributed by atoms with Crippen LogP contribution in [0.4, 0.5) is 5.69 Å². The molecule has 1 amide bonds. The van der Waals surface area contributed by atoms with E-state index in [1.54, 1.807) is 18.2 Å². The Kier molecular flexibility index (Phi) is 11.3. The molecule has 0 saturated heterocycles. The van der Waals surface area contributed by atoms with Crippen LogP contribution in [-0.4, -0.2) is 58.5 Å². The van der Waals surface area contributed by atoms with Crippen molar-refractivity contribution in [3.8, 4) is 5.75 Å². The van der Waals surface area contributed by atoms with Crippen molar-refractivity contribution in [3.63, 3.8) is 0 Å². The van der Waals surface area contributed by atoms with Gasteiger partial charge in [-0.05, 0) is 105 Å². The molecule has 2 heterocycles. The van der Waals surface area contributed by atoms with Crippen molar-refractivity contribution in [1.82, 2.24) is 4.72 Å². The van der Waals surface area contributed by atoms with Crippen LogP contribution in [0.15, 0.2) is 36.4 Å². The number of amides is 1. The van der Waals surface area contributed by atoms with Gasteiger partial charge in [-0.15, -0.1) is 0 Å². The predicted molar refractivity (Wildman–Crippen MR) is 174 cm³/mol. The van der Waals surface area contributed by atoms with E-state index in [1.807, 2.05) is 25.1 Å². The maximum Gasteiger partial charge on any atom is 0.331 e. The maximum atomic E-state index is 13.4. The Bertz CT molecular complexity index is 1470. The van der Waals surface area contributed by atoms with Crippen molar-refractivity contribution in [3.05, 3.63) is 58.1 Å². The molecule has 1 saturated carbocycles. The van der Waals surface area contributed by atoms with Crippen LogP contribution in [0.5, 0.6) is 5.75 Å². The Labute approximate surface area is 272 Å². The second-order valence-corrected chi connectivity index (χ2v) is 14.9. The number of esters is 1. The van der Waals surface area contributed by atoms with Gasteiger partial charge in [-0.25, -0.2) is 17.9 Å². The minimum absolute atomic E-state index is 0.100. The molecule has 0 unspecified atom stereocenters. The highest BCUT2D eigenvalue weighted by Gasteiger charge is 2.39. The minimum atomic E-state index is -3.89. The fourth-order valence-corrected chi connectivity index (χ4v) is 8.55. The van der Waals surface area contributed by atoms with Crippen molar-refractivity contribution in [1.29, 1.82) is 0 Å². The number of nitrogens with one attached hydrogen (secondary N) is 1. The monoisotopic (exact) mass is 660 g/mol. The molecule has 0 aromatic heterocycles. The molecule has 45 heavy (non-hydrogen) atoms. The highest BCUT2D eigenvalue weighted by molar-refractivity contribution is 7.90. The number of nitrogens with zero attached hydrogens (tertiary/aromatic N) is 1. The first kappa shape index (κ1) is 33.5. The Morgan fingerprint density at radius 3 is 2.62 bits per heavy atom. The molecular weight excluding hydrogens is 616 g/mol. The van der Waals surface area contributed by atoms with Crippen LogP contribution in [-0.2, 0) is 37.3 Å². The van der Waals surface area contributed by atoms with Crippen LogP contribution in [0.3, 0.4) is 0 Å². The lowest BCUT2D eigenvalue weighted by molar-refractivity contribution is -0.151. The molecule has 11 heteroatoms. The summed E-state index contributed by atoms with van der Waals surface area (Å²) in [5.41, 5.74) is 3.28. The number of carbonyl (C=O) groups excluding carboxylic acids is 2. The van der Waals surface area contributed by atoms with E-state index in [4.69, 9.17) is 25.8 Å². The third-order valence-electron chi connectivity index (χ3n) is 9.68. The molecule has 2 aromatic carbocycles. The minimum Gasteiger partial charge on any atom is -0.487 e. The normalized spacial score (nSPS) is 25.7. The first-order valence-corrected chi connectivity index (χ1v) is 18.1.